The number of benzene rings is 1. The molecule has 0 unspecified atom stereocenters. The third-order valence-electron chi connectivity index (χ3n) is 4.82. The Morgan fingerprint density at radius 2 is 2.07 bits per heavy atom. The summed E-state index contributed by atoms with van der Waals surface area (Å²) in [6.07, 6.45) is 0.573. The van der Waals surface area contributed by atoms with Crippen LogP contribution in [0, 0.1) is 23.7 Å². The second-order valence-corrected chi connectivity index (χ2v) is 9.72. The van der Waals surface area contributed by atoms with Gasteiger partial charge in [0.15, 0.2) is 0 Å². The van der Waals surface area contributed by atoms with Crippen molar-refractivity contribution in [1.29, 1.82) is 0 Å². The molecular weight excluding hydrogens is 376 g/mol. The minimum absolute atomic E-state index is 0.0555. The number of nitrogens with one attached hydrogen (secondary N) is 1. The first-order valence-electron chi connectivity index (χ1n) is 9.77. The number of likely N-dealkylation sites (N-methyl/N-ethyl adjacent to an activating group) is 1. The number of sulfonamides is 1. The smallest absolute Gasteiger partial charge is 0.247 e. The molecule has 2 rings (SSSR count). The molecule has 1 aromatic rings. The van der Waals surface area contributed by atoms with Crippen molar-refractivity contribution in [2.24, 2.45) is 11.8 Å². The van der Waals surface area contributed by atoms with Crippen molar-refractivity contribution >= 4 is 10.0 Å². The molecule has 0 aliphatic carbocycles. The Morgan fingerprint density at radius 1 is 1.36 bits per heavy atom. The lowest BCUT2D eigenvalue weighted by Crippen LogP contribution is -2.49. The molecule has 0 bridgehead atoms. The highest BCUT2D eigenvalue weighted by Crippen LogP contribution is 2.33. The molecule has 0 saturated heterocycles. The fourth-order valence-corrected chi connectivity index (χ4v) is 4.93. The largest absolute Gasteiger partial charge is 0.487 e. The Labute approximate surface area is 169 Å². The number of aliphatic hydroxyl groups excluding tert-OH is 1. The first kappa shape index (κ1) is 22.7. The van der Waals surface area contributed by atoms with Gasteiger partial charge in [-0.1, -0.05) is 32.6 Å². The summed E-state index contributed by atoms with van der Waals surface area (Å²) in [5.74, 6) is 6.96. The van der Waals surface area contributed by atoms with Crippen LogP contribution in [0.4, 0.5) is 0 Å². The Hall–Kier alpha value is -1.59. The van der Waals surface area contributed by atoms with E-state index in [1.165, 1.54) is 4.31 Å². The number of rotatable bonds is 5. The third-order valence-corrected chi connectivity index (χ3v) is 6.83. The number of hydrogen-bond acceptors (Lipinski definition) is 5. The summed E-state index contributed by atoms with van der Waals surface area (Å²) in [7, 11) is -1.95. The fraction of sp³-hybridized carbons (Fsp3) is 0.619. The number of hydrogen-bond donors (Lipinski definition) is 2. The second kappa shape index (κ2) is 9.75. The maximum absolute atomic E-state index is 13.3. The summed E-state index contributed by atoms with van der Waals surface area (Å²) in [6.45, 7) is 8.52. The standard InChI is InChI=1S/C21H32N2O4S/c1-15(2)7-6-8-18-9-10-21-19(11-18)27-20(12-22-5)16(3)13-23(17(4)14-24)28(21,25)26/h9-11,15-17,20,22,24H,7,12-14H2,1-5H3/t16-,17+,20+/m1/s1. The third kappa shape index (κ3) is 5.26. The highest BCUT2D eigenvalue weighted by molar-refractivity contribution is 7.89. The van der Waals surface area contributed by atoms with Gasteiger partial charge in [0.25, 0.3) is 0 Å². The molecule has 0 aromatic heterocycles. The fourth-order valence-electron chi connectivity index (χ4n) is 3.11. The van der Waals surface area contributed by atoms with Crippen LogP contribution >= 0.6 is 0 Å². The van der Waals surface area contributed by atoms with E-state index in [9.17, 15) is 13.5 Å². The van der Waals surface area contributed by atoms with Crippen molar-refractivity contribution in [2.45, 2.75) is 51.2 Å². The van der Waals surface area contributed by atoms with Crippen molar-refractivity contribution in [3.05, 3.63) is 23.8 Å². The summed E-state index contributed by atoms with van der Waals surface area (Å²) in [5.41, 5.74) is 0.729. The predicted molar refractivity (Wildman–Crippen MR) is 111 cm³/mol. The predicted octanol–water partition coefficient (Wildman–Crippen LogP) is 2.07. The van der Waals surface area contributed by atoms with Gasteiger partial charge in [-0.05, 0) is 38.1 Å². The van der Waals surface area contributed by atoms with Gasteiger partial charge in [-0.15, -0.1) is 0 Å². The molecule has 0 amide bonds. The number of nitrogens with zero attached hydrogens (tertiary/aromatic N) is 1. The molecular formula is C21H32N2O4S. The first-order valence-corrected chi connectivity index (χ1v) is 11.2. The quantitative estimate of drug-likeness (QED) is 0.730. The molecule has 1 aliphatic heterocycles. The molecule has 3 atom stereocenters. The van der Waals surface area contributed by atoms with Crippen LogP contribution in [0.25, 0.3) is 0 Å². The van der Waals surface area contributed by atoms with E-state index in [2.05, 4.69) is 31.0 Å². The monoisotopic (exact) mass is 408 g/mol. The van der Waals surface area contributed by atoms with Crippen LogP contribution < -0.4 is 10.1 Å². The molecule has 1 heterocycles. The molecule has 156 valence electrons. The number of aliphatic hydroxyl groups is 1. The summed E-state index contributed by atoms with van der Waals surface area (Å²) >= 11 is 0. The molecule has 6 nitrogen and oxygen atoms in total. The summed E-state index contributed by atoms with van der Waals surface area (Å²) < 4.78 is 34.1. The van der Waals surface area contributed by atoms with E-state index in [-0.39, 0.29) is 30.1 Å². The average molecular weight is 409 g/mol. The average Bonchev–Trinajstić information content (AvgIpc) is 2.63. The zero-order valence-electron chi connectivity index (χ0n) is 17.4. The molecule has 7 heteroatoms. The Morgan fingerprint density at radius 3 is 2.68 bits per heavy atom. The lowest BCUT2D eigenvalue weighted by molar-refractivity contribution is 0.103. The van der Waals surface area contributed by atoms with Gasteiger partial charge in [-0.2, -0.15) is 4.31 Å². The van der Waals surface area contributed by atoms with Crippen LogP contribution in [0.1, 0.15) is 39.7 Å². The van der Waals surface area contributed by atoms with Gasteiger partial charge in [0, 0.05) is 37.0 Å². The Balaban J connectivity index is 2.54. The van der Waals surface area contributed by atoms with Crippen molar-refractivity contribution in [2.75, 3.05) is 26.7 Å². The van der Waals surface area contributed by atoms with Gasteiger partial charge in [-0.25, -0.2) is 8.42 Å². The molecule has 2 N–H and O–H groups in total. The number of fused-ring (bicyclic) bond motifs is 1. The maximum atomic E-state index is 13.3. The van der Waals surface area contributed by atoms with E-state index in [1.54, 1.807) is 25.1 Å². The van der Waals surface area contributed by atoms with E-state index in [0.29, 0.717) is 18.2 Å². The summed E-state index contributed by atoms with van der Waals surface area (Å²) in [6, 6.07) is 4.47. The zero-order valence-corrected chi connectivity index (χ0v) is 18.2. The zero-order chi connectivity index (χ0) is 20.9. The van der Waals surface area contributed by atoms with Gasteiger partial charge in [0.05, 0.1) is 6.61 Å². The lowest BCUT2D eigenvalue weighted by Gasteiger charge is -2.36. The van der Waals surface area contributed by atoms with Crippen molar-refractivity contribution in [3.63, 3.8) is 0 Å². The molecule has 0 fully saturated rings. The summed E-state index contributed by atoms with van der Waals surface area (Å²) in [5, 5.41) is 12.7. The van der Waals surface area contributed by atoms with E-state index < -0.39 is 16.1 Å². The number of ether oxygens (including phenoxy) is 1. The van der Waals surface area contributed by atoms with Crippen LogP contribution in [0.15, 0.2) is 23.1 Å². The van der Waals surface area contributed by atoms with Crippen molar-refractivity contribution < 1.29 is 18.3 Å². The van der Waals surface area contributed by atoms with Gasteiger partial charge in [0.1, 0.15) is 16.7 Å². The minimum atomic E-state index is -3.80. The van der Waals surface area contributed by atoms with E-state index in [0.717, 1.165) is 12.0 Å². The Bertz CT molecular complexity index is 827. The molecule has 1 aromatic carbocycles. The molecule has 1 aliphatic rings. The molecule has 0 radical (unpaired) electrons. The van der Waals surface area contributed by atoms with Crippen molar-refractivity contribution in [1.82, 2.24) is 9.62 Å². The normalized spacial score (nSPS) is 23.0. The highest BCUT2D eigenvalue weighted by atomic mass is 32.2. The van der Waals surface area contributed by atoms with Gasteiger partial charge in [0.2, 0.25) is 10.0 Å². The van der Waals surface area contributed by atoms with Crippen LogP contribution in [-0.2, 0) is 10.0 Å². The lowest BCUT2D eigenvalue weighted by atomic mass is 10.0. The topological polar surface area (TPSA) is 78.9 Å². The molecule has 28 heavy (non-hydrogen) atoms. The first-order chi connectivity index (χ1) is 13.2. The Kier molecular flexibility index (Phi) is 7.90. The van der Waals surface area contributed by atoms with E-state index in [4.69, 9.17) is 4.74 Å². The van der Waals surface area contributed by atoms with Crippen molar-refractivity contribution in [3.8, 4) is 17.6 Å². The van der Waals surface area contributed by atoms with Crippen LogP contribution in [0.2, 0.25) is 0 Å². The van der Waals surface area contributed by atoms with Crippen LogP contribution in [-0.4, -0.2) is 56.7 Å². The van der Waals surface area contributed by atoms with Crippen LogP contribution in [0.3, 0.4) is 0 Å². The maximum Gasteiger partial charge on any atom is 0.247 e. The SMILES string of the molecule is CNC[C@@H]1Oc2cc(C#CCC(C)C)ccc2S(=O)(=O)N([C@@H](C)CO)C[C@H]1C. The van der Waals surface area contributed by atoms with E-state index in [1.807, 2.05) is 14.0 Å². The van der Waals surface area contributed by atoms with E-state index >= 15 is 0 Å². The second-order valence-electron chi connectivity index (χ2n) is 7.86. The molecule has 0 spiro atoms. The minimum Gasteiger partial charge on any atom is -0.487 e. The van der Waals surface area contributed by atoms with Gasteiger partial charge >= 0.3 is 0 Å². The summed E-state index contributed by atoms with van der Waals surface area (Å²) in [4.78, 5) is 0.121. The van der Waals surface area contributed by atoms with Gasteiger partial charge < -0.3 is 15.2 Å². The molecule has 0 saturated carbocycles. The van der Waals surface area contributed by atoms with Gasteiger partial charge in [-0.3, -0.25) is 0 Å². The van der Waals surface area contributed by atoms with Crippen LogP contribution in [0.5, 0.6) is 5.75 Å². The highest BCUT2D eigenvalue weighted by Gasteiger charge is 2.37.